The number of ether oxygens (including phenoxy) is 1. The van der Waals surface area contributed by atoms with E-state index in [2.05, 4.69) is 5.32 Å². The molecule has 2 rings (SSSR count). The summed E-state index contributed by atoms with van der Waals surface area (Å²) in [6.45, 7) is 0.613. The lowest BCUT2D eigenvalue weighted by Crippen LogP contribution is -2.15. The van der Waals surface area contributed by atoms with E-state index in [1.54, 1.807) is 19.2 Å². The zero-order valence-corrected chi connectivity index (χ0v) is 12.0. The molecule has 0 aliphatic carbocycles. The Kier molecular flexibility index (Phi) is 4.58. The normalized spacial score (nSPS) is 10.4. The minimum Gasteiger partial charge on any atom is -0.497 e. The molecule has 0 bridgehead atoms. The fourth-order valence-corrected chi connectivity index (χ4v) is 2.17. The zero-order chi connectivity index (χ0) is 14.5. The Morgan fingerprint density at radius 2 is 2.00 bits per heavy atom. The van der Waals surface area contributed by atoms with E-state index in [9.17, 15) is 4.39 Å². The van der Waals surface area contributed by atoms with Crippen LogP contribution in [0.25, 0.3) is 0 Å². The van der Waals surface area contributed by atoms with E-state index in [0.29, 0.717) is 6.54 Å². The van der Waals surface area contributed by atoms with Gasteiger partial charge in [0.1, 0.15) is 11.6 Å². The third-order valence-corrected chi connectivity index (χ3v) is 3.21. The first kappa shape index (κ1) is 14.3. The number of methoxy groups -OCH3 is 1. The molecule has 1 N–H and O–H groups in total. The van der Waals surface area contributed by atoms with Gasteiger partial charge in [-0.2, -0.15) is 0 Å². The first-order chi connectivity index (χ1) is 9.65. The summed E-state index contributed by atoms with van der Waals surface area (Å²) in [6, 6.07) is 12.6. The molecule has 0 amide bonds. The average Bonchev–Trinajstić information content (AvgIpc) is 2.47. The number of benzene rings is 2. The summed E-state index contributed by atoms with van der Waals surface area (Å²) >= 11 is 0. The van der Waals surface area contributed by atoms with Crippen LogP contribution in [-0.4, -0.2) is 21.2 Å². The summed E-state index contributed by atoms with van der Waals surface area (Å²) in [4.78, 5) is 2.02. The molecular weight excluding hydrogens is 255 g/mol. The van der Waals surface area contributed by atoms with Crippen LogP contribution in [0, 0.1) is 5.82 Å². The lowest BCUT2D eigenvalue weighted by molar-refractivity contribution is 0.415. The van der Waals surface area contributed by atoms with Crippen molar-refractivity contribution in [1.29, 1.82) is 0 Å². The Morgan fingerprint density at radius 3 is 2.70 bits per heavy atom. The summed E-state index contributed by atoms with van der Waals surface area (Å²) in [5.41, 5.74) is 2.88. The maximum Gasteiger partial charge on any atom is 0.123 e. The largest absolute Gasteiger partial charge is 0.497 e. The third-order valence-electron chi connectivity index (χ3n) is 3.21. The Hall–Kier alpha value is -2.07. The van der Waals surface area contributed by atoms with Gasteiger partial charge >= 0.3 is 0 Å². The van der Waals surface area contributed by atoms with Crippen LogP contribution >= 0.6 is 0 Å². The number of nitrogens with one attached hydrogen (secondary N) is 1. The summed E-state index contributed by atoms with van der Waals surface area (Å²) in [7, 11) is 5.45. The van der Waals surface area contributed by atoms with E-state index in [-0.39, 0.29) is 5.82 Å². The van der Waals surface area contributed by atoms with Gasteiger partial charge in [-0.15, -0.1) is 0 Å². The van der Waals surface area contributed by atoms with Crippen LogP contribution in [0.2, 0.25) is 0 Å². The van der Waals surface area contributed by atoms with Crippen LogP contribution in [0.1, 0.15) is 5.56 Å². The molecule has 0 aliphatic rings. The van der Waals surface area contributed by atoms with Crippen LogP contribution in [0.3, 0.4) is 0 Å². The molecule has 0 spiro atoms. The first-order valence-electron chi connectivity index (χ1n) is 6.46. The molecule has 0 aliphatic heterocycles. The topological polar surface area (TPSA) is 24.5 Å². The second kappa shape index (κ2) is 6.39. The highest BCUT2D eigenvalue weighted by atomic mass is 19.1. The molecule has 0 radical (unpaired) electrons. The molecule has 4 heteroatoms. The molecule has 0 saturated heterocycles. The van der Waals surface area contributed by atoms with Crippen molar-refractivity contribution in [3.8, 4) is 5.75 Å². The number of anilines is 2. The highest BCUT2D eigenvalue weighted by molar-refractivity contribution is 5.66. The van der Waals surface area contributed by atoms with Gasteiger partial charge in [0.25, 0.3) is 0 Å². The third kappa shape index (κ3) is 3.08. The maximum absolute atomic E-state index is 13.4. The lowest BCUT2D eigenvalue weighted by Gasteiger charge is -2.23. The molecule has 0 unspecified atom stereocenters. The fraction of sp³-hybridized carbons (Fsp3) is 0.250. The highest BCUT2D eigenvalue weighted by Gasteiger charge is 2.10. The minimum absolute atomic E-state index is 0.224. The number of hydrogen-bond acceptors (Lipinski definition) is 3. The van der Waals surface area contributed by atoms with Gasteiger partial charge in [-0.1, -0.05) is 6.07 Å². The van der Waals surface area contributed by atoms with Gasteiger partial charge in [-0.3, -0.25) is 0 Å². The molecular formula is C16H19FN2O. The zero-order valence-electron chi connectivity index (χ0n) is 12.0. The SMILES string of the molecule is CNCc1cc(F)ccc1N(C)c1cccc(OC)c1. The summed E-state index contributed by atoms with van der Waals surface area (Å²) in [5.74, 6) is 0.574. The molecule has 2 aromatic carbocycles. The molecule has 0 atom stereocenters. The molecule has 0 saturated carbocycles. The Morgan fingerprint density at radius 1 is 1.20 bits per heavy atom. The molecule has 106 valence electrons. The van der Waals surface area contributed by atoms with Gasteiger partial charge in [-0.05, 0) is 42.9 Å². The van der Waals surface area contributed by atoms with Crippen molar-refractivity contribution in [3.63, 3.8) is 0 Å². The molecule has 0 heterocycles. The van der Waals surface area contributed by atoms with Crippen molar-refractivity contribution < 1.29 is 9.13 Å². The van der Waals surface area contributed by atoms with Crippen LogP contribution in [0.5, 0.6) is 5.75 Å². The quantitative estimate of drug-likeness (QED) is 0.905. The van der Waals surface area contributed by atoms with E-state index < -0.39 is 0 Å². The predicted octanol–water partition coefficient (Wildman–Crippen LogP) is 3.32. The van der Waals surface area contributed by atoms with E-state index in [1.165, 1.54) is 6.07 Å². The number of rotatable bonds is 5. The molecule has 3 nitrogen and oxygen atoms in total. The Bertz CT molecular complexity index is 586. The van der Waals surface area contributed by atoms with Gasteiger partial charge in [0, 0.05) is 31.0 Å². The van der Waals surface area contributed by atoms with Gasteiger partial charge in [0.05, 0.1) is 7.11 Å². The Balaban J connectivity index is 2.38. The van der Waals surface area contributed by atoms with Crippen molar-refractivity contribution >= 4 is 11.4 Å². The molecule has 20 heavy (non-hydrogen) atoms. The van der Waals surface area contributed by atoms with E-state index in [0.717, 1.165) is 22.7 Å². The summed E-state index contributed by atoms with van der Waals surface area (Å²) < 4.78 is 18.6. The molecule has 0 aromatic heterocycles. The smallest absolute Gasteiger partial charge is 0.123 e. The monoisotopic (exact) mass is 274 g/mol. The summed E-state index contributed by atoms with van der Waals surface area (Å²) in [6.07, 6.45) is 0. The van der Waals surface area contributed by atoms with Crippen molar-refractivity contribution in [1.82, 2.24) is 5.32 Å². The molecule has 2 aromatic rings. The van der Waals surface area contributed by atoms with Crippen LogP contribution in [0.15, 0.2) is 42.5 Å². The van der Waals surface area contributed by atoms with Gasteiger partial charge in [0.2, 0.25) is 0 Å². The van der Waals surface area contributed by atoms with Gasteiger partial charge < -0.3 is 15.0 Å². The van der Waals surface area contributed by atoms with Crippen molar-refractivity contribution in [2.75, 3.05) is 26.1 Å². The van der Waals surface area contributed by atoms with Gasteiger partial charge in [-0.25, -0.2) is 4.39 Å². The summed E-state index contributed by atoms with van der Waals surface area (Å²) in [5, 5.41) is 3.06. The van der Waals surface area contributed by atoms with E-state index in [4.69, 9.17) is 4.74 Å². The van der Waals surface area contributed by atoms with Crippen LogP contribution in [-0.2, 0) is 6.54 Å². The molecule has 0 fully saturated rings. The number of halogens is 1. The average molecular weight is 274 g/mol. The van der Waals surface area contributed by atoms with Crippen molar-refractivity contribution in [3.05, 3.63) is 53.8 Å². The standard InChI is InChI=1S/C16H19FN2O/c1-18-11-12-9-13(17)7-8-16(12)19(2)14-5-4-6-15(10-14)20-3/h4-10,18H,11H2,1-3H3. The van der Waals surface area contributed by atoms with Crippen molar-refractivity contribution in [2.45, 2.75) is 6.54 Å². The fourth-order valence-electron chi connectivity index (χ4n) is 2.17. The maximum atomic E-state index is 13.4. The van der Waals surface area contributed by atoms with E-state index in [1.807, 2.05) is 43.3 Å². The first-order valence-corrected chi connectivity index (χ1v) is 6.46. The lowest BCUT2D eigenvalue weighted by atomic mass is 10.1. The number of nitrogens with zero attached hydrogens (tertiary/aromatic N) is 1. The minimum atomic E-state index is -0.224. The second-order valence-corrected chi connectivity index (χ2v) is 4.56. The van der Waals surface area contributed by atoms with E-state index >= 15 is 0 Å². The predicted molar refractivity (Wildman–Crippen MR) is 80.2 cm³/mol. The van der Waals surface area contributed by atoms with Crippen LogP contribution < -0.4 is 15.0 Å². The van der Waals surface area contributed by atoms with Gasteiger partial charge in [0.15, 0.2) is 0 Å². The second-order valence-electron chi connectivity index (χ2n) is 4.56. The van der Waals surface area contributed by atoms with Crippen molar-refractivity contribution in [2.24, 2.45) is 0 Å². The van der Waals surface area contributed by atoms with Crippen LogP contribution in [0.4, 0.5) is 15.8 Å². The Labute approximate surface area is 119 Å². The number of hydrogen-bond donors (Lipinski definition) is 1. The highest BCUT2D eigenvalue weighted by Crippen LogP contribution is 2.29.